The van der Waals surface area contributed by atoms with Crippen molar-refractivity contribution in [2.45, 2.75) is 132 Å². The number of allylic oxidation sites excluding steroid dienone is 1. The van der Waals surface area contributed by atoms with Crippen LogP contribution in [0.2, 0.25) is 18.1 Å². The second kappa shape index (κ2) is 15.4. The number of Topliss-reactive ketones (excluding diaryl/α,β-unsaturated/α-hetero) is 1. The third-order valence-corrected chi connectivity index (χ3v) is 15.1. The number of ether oxygens (including phenoxy) is 1. The first-order valence-electron chi connectivity index (χ1n) is 16.6. The number of esters is 1. The average molecular weight is 627 g/mol. The quantitative estimate of drug-likeness (QED) is 0.105. The zero-order chi connectivity index (χ0) is 33.6. The van der Waals surface area contributed by atoms with Gasteiger partial charge in [-0.25, -0.2) is 4.98 Å². The monoisotopic (exact) mass is 626 g/mol. The molecule has 6 nitrogen and oxygen atoms in total. The Morgan fingerprint density at radius 3 is 2.30 bits per heavy atom. The molecule has 2 rings (SSSR count). The number of imidazole rings is 1. The molecule has 4 atom stereocenters. The second-order valence-electron chi connectivity index (χ2n) is 15.5. The lowest BCUT2D eigenvalue weighted by Crippen LogP contribution is -2.41. The molecule has 1 aromatic carbocycles. The van der Waals surface area contributed by atoms with Crippen molar-refractivity contribution in [2.24, 2.45) is 30.2 Å². The van der Waals surface area contributed by atoms with Crippen LogP contribution < -0.4 is 0 Å². The van der Waals surface area contributed by atoms with E-state index >= 15 is 0 Å². The fourth-order valence-corrected chi connectivity index (χ4v) is 6.98. The molecule has 0 radical (unpaired) electrons. The molecular formula is C37H62N2O4Si. The average Bonchev–Trinajstić information content (AvgIpc) is 3.23. The molecule has 0 saturated carbocycles. The number of aryl methyl sites for hydroxylation is 2. The molecular weight excluding hydrogens is 565 g/mol. The Kier molecular flexibility index (Phi) is 13.2. The molecule has 248 valence electrons. The normalized spacial score (nSPS) is 16.1. The molecule has 0 aliphatic rings. The van der Waals surface area contributed by atoms with E-state index in [2.05, 4.69) is 97.5 Å². The van der Waals surface area contributed by atoms with E-state index in [0.717, 1.165) is 42.5 Å². The van der Waals surface area contributed by atoms with Crippen LogP contribution in [0.1, 0.15) is 118 Å². The van der Waals surface area contributed by atoms with E-state index in [1.807, 2.05) is 20.8 Å². The highest BCUT2D eigenvalue weighted by Gasteiger charge is 2.39. The summed E-state index contributed by atoms with van der Waals surface area (Å²) in [6.45, 7) is 26.3. The molecule has 7 heteroatoms. The summed E-state index contributed by atoms with van der Waals surface area (Å²) in [5.41, 5.74) is 4.21. The molecule has 0 saturated heterocycles. The van der Waals surface area contributed by atoms with E-state index in [9.17, 15) is 9.59 Å². The molecule has 0 fully saturated rings. The van der Waals surface area contributed by atoms with Crippen molar-refractivity contribution in [1.82, 2.24) is 9.55 Å². The Labute approximate surface area is 269 Å². The summed E-state index contributed by atoms with van der Waals surface area (Å²) in [7, 11) is 1.46. The Morgan fingerprint density at radius 2 is 1.70 bits per heavy atom. The van der Waals surface area contributed by atoms with Crippen molar-refractivity contribution in [2.75, 3.05) is 7.11 Å². The van der Waals surface area contributed by atoms with Crippen LogP contribution >= 0.6 is 0 Å². The zero-order valence-corrected chi connectivity index (χ0v) is 31.4. The summed E-state index contributed by atoms with van der Waals surface area (Å²) in [6, 6.07) is 6.61. The molecule has 1 heterocycles. The summed E-state index contributed by atoms with van der Waals surface area (Å²) in [6.07, 6.45) is 7.20. The van der Waals surface area contributed by atoms with Crippen LogP contribution in [0.25, 0.3) is 11.0 Å². The van der Waals surface area contributed by atoms with E-state index in [-0.39, 0.29) is 41.2 Å². The highest BCUT2D eigenvalue weighted by molar-refractivity contribution is 6.74. The summed E-state index contributed by atoms with van der Waals surface area (Å²) in [4.78, 5) is 29.8. The lowest BCUT2D eigenvalue weighted by atomic mass is 9.71. The minimum absolute atomic E-state index is 0.00843. The summed E-state index contributed by atoms with van der Waals surface area (Å²) >= 11 is 0. The molecule has 0 N–H and O–H groups in total. The minimum atomic E-state index is -2.00. The molecule has 0 unspecified atom stereocenters. The van der Waals surface area contributed by atoms with Crippen molar-refractivity contribution < 1.29 is 18.8 Å². The van der Waals surface area contributed by atoms with Crippen LogP contribution in [0.15, 0.2) is 29.8 Å². The van der Waals surface area contributed by atoms with E-state index in [1.54, 1.807) is 0 Å². The molecule has 0 spiro atoms. The standard InChI is InChI=1S/C37H62N2O4Si/c1-25(16-15-17-26(2)27(3)28(4)35(41)37(9,10)23-22-34(40)42-12)18-21-33(43-44(13,14)36(6,7)8)30-19-20-32-31(24-30)38-29(5)39(32)11/h18-20,24,26-28,33H,15-17,21-23H2,1-14H3/b25-18-/t26-,27-,28+,33-/m0/s1. The van der Waals surface area contributed by atoms with Crippen molar-refractivity contribution >= 4 is 31.1 Å². The molecule has 0 aliphatic heterocycles. The summed E-state index contributed by atoms with van der Waals surface area (Å²) < 4.78 is 13.9. The van der Waals surface area contributed by atoms with Crippen LogP contribution in [0.5, 0.6) is 0 Å². The maximum absolute atomic E-state index is 13.3. The first-order valence-corrected chi connectivity index (χ1v) is 19.5. The molecule has 0 bridgehead atoms. The van der Waals surface area contributed by atoms with Crippen molar-refractivity contribution in [3.8, 4) is 0 Å². The number of benzene rings is 1. The topological polar surface area (TPSA) is 70.4 Å². The molecule has 44 heavy (non-hydrogen) atoms. The van der Waals surface area contributed by atoms with Gasteiger partial charge in [0, 0.05) is 24.8 Å². The van der Waals surface area contributed by atoms with Crippen molar-refractivity contribution in [3.05, 3.63) is 41.2 Å². The van der Waals surface area contributed by atoms with Gasteiger partial charge in [0.05, 0.1) is 24.2 Å². The number of nitrogens with zero attached hydrogens (tertiary/aromatic N) is 2. The predicted molar refractivity (Wildman–Crippen MR) is 186 cm³/mol. The van der Waals surface area contributed by atoms with Crippen LogP contribution in [0.3, 0.4) is 0 Å². The molecule has 1 aromatic heterocycles. The summed E-state index contributed by atoms with van der Waals surface area (Å²) in [5.74, 6) is 1.65. The van der Waals surface area contributed by atoms with Gasteiger partial charge >= 0.3 is 5.97 Å². The lowest BCUT2D eigenvalue weighted by Gasteiger charge is -2.39. The Morgan fingerprint density at radius 1 is 1.07 bits per heavy atom. The largest absolute Gasteiger partial charge is 0.469 e. The van der Waals surface area contributed by atoms with Crippen molar-refractivity contribution in [3.63, 3.8) is 0 Å². The number of aromatic nitrogens is 2. The van der Waals surface area contributed by atoms with Gasteiger partial charge in [-0.05, 0) is 87.2 Å². The number of carbonyl (C=O) groups excluding carboxylic acids is 2. The predicted octanol–water partition coefficient (Wildman–Crippen LogP) is 9.91. The number of fused-ring (bicyclic) bond motifs is 1. The van der Waals surface area contributed by atoms with E-state index in [0.29, 0.717) is 12.3 Å². The minimum Gasteiger partial charge on any atom is -0.469 e. The van der Waals surface area contributed by atoms with E-state index in [1.165, 1.54) is 18.2 Å². The van der Waals surface area contributed by atoms with Gasteiger partial charge in [0.2, 0.25) is 0 Å². The van der Waals surface area contributed by atoms with Crippen LogP contribution in [-0.4, -0.2) is 36.7 Å². The van der Waals surface area contributed by atoms with E-state index in [4.69, 9.17) is 14.1 Å². The highest BCUT2D eigenvalue weighted by atomic mass is 28.4. The lowest BCUT2D eigenvalue weighted by molar-refractivity contribution is -0.142. The zero-order valence-electron chi connectivity index (χ0n) is 30.4. The van der Waals surface area contributed by atoms with Gasteiger partial charge < -0.3 is 13.7 Å². The number of hydrogen-bond donors (Lipinski definition) is 0. The summed E-state index contributed by atoms with van der Waals surface area (Å²) in [5, 5.41) is 0.123. The Balaban J connectivity index is 2.06. The van der Waals surface area contributed by atoms with Gasteiger partial charge in [-0.2, -0.15) is 0 Å². The van der Waals surface area contributed by atoms with Gasteiger partial charge in [0.25, 0.3) is 0 Å². The number of rotatable bonds is 16. The van der Waals surface area contributed by atoms with Gasteiger partial charge in [-0.3, -0.25) is 9.59 Å². The molecule has 0 aliphatic carbocycles. The van der Waals surface area contributed by atoms with Crippen LogP contribution in [0.4, 0.5) is 0 Å². The molecule has 0 amide bonds. The van der Waals surface area contributed by atoms with Crippen LogP contribution in [0, 0.1) is 30.1 Å². The maximum atomic E-state index is 13.3. The first kappa shape index (κ1) is 37.9. The second-order valence-corrected chi connectivity index (χ2v) is 20.2. The number of ketones is 1. The fraction of sp³-hybridized carbons (Fsp3) is 0.703. The maximum Gasteiger partial charge on any atom is 0.305 e. The number of carbonyl (C=O) groups is 2. The number of hydrogen-bond acceptors (Lipinski definition) is 5. The fourth-order valence-electron chi connectivity index (χ4n) is 5.69. The van der Waals surface area contributed by atoms with Gasteiger partial charge in [-0.1, -0.05) is 79.5 Å². The highest BCUT2D eigenvalue weighted by Crippen LogP contribution is 2.41. The first-order chi connectivity index (χ1) is 20.2. The third-order valence-electron chi connectivity index (χ3n) is 10.6. The third kappa shape index (κ3) is 9.87. The van der Waals surface area contributed by atoms with E-state index < -0.39 is 13.7 Å². The molecule has 2 aromatic rings. The smallest absolute Gasteiger partial charge is 0.305 e. The van der Waals surface area contributed by atoms with Gasteiger partial charge in [0.15, 0.2) is 8.32 Å². The Bertz CT molecular complexity index is 1300. The van der Waals surface area contributed by atoms with Crippen LogP contribution in [-0.2, 0) is 25.8 Å². The SMILES string of the molecule is COC(=O)CCC(C)(C)C(=O)[C@H](C)[C@@H](C)[C@@H](C)CCC/C(C)=C\C[C@H](O[Si](C)(C)C(C)(C)C)c1ccc2c(c1)nc(C)n2C. The van der Waals surface area contributed by atoms with Gasteiger partial charge in [0.1, 0.15) is 11.6 Å². The number of methoxy groups -OCH3 is 1. The van der Waals surface area contributed by atoms with Gasteiger partial charge in [-0.15, -0.1) is 0 Å². The Hall–Kier alpha value is -2.25. The van der Waals surface area contributed by atoms with Crippen molar-refractivity contribution in [1.29, 1.82) is 0 Å².